The molecule has 1 aromatic carbocycles. The highest BCUT2D eigenvalue weighted by atomic mass is 32.1. The number of aryl methyl sites for hydroxylation is 1. The number of aromatic nitrogens is 2. The zero-order chi connectivity index (χ0) is 13.9. The van der Waals surface area contributed by atoms with Gasteiger partial charge in [0, 0.05) is 17.0 Å². The summed E-state index contributed by atoms with van der Waals surface area (Å²) in [5, 5.41) is 8.71. The average Bonchev–Trinajstić information content (AvgIpc) is 3.10. The third kappa shape index (κ3) is 3.35. The number of nitrogens with one attached hydrogen (secondary N) is 1. The standard InChI is InChI=1S/C14H11N3O2S.CH4/c1-9-2-4-10(5-3-9)12-8-20-14(15-12)16-13(18)11-6-7-19-17-11;/h2-8H,1H3,(H,15,16,18);1H4. The molecule has 0 aliphatic carbocycles. The van der Waals surface area contributed by atoms with Gasteiger partial charge in [0.15, 0.2) is 10.8 Å². The molecule has 21 heavy (non-hydrogen) atoms. The van der Waals surface area contributed by atoms with Crippen LogP contribution in [-0.2, 0) is 0 Å². The molecule has 0 fully saturated rings. The summed E-state index contributed by atoms with van der Waals surface area (Å²) < 4.78 is 4.63. The molecule has 108 valence electrons. The molecule has 0 radical (unpaired) electrons. The Morgan fingerprint density at radius 3 is 2.67 bits per heavy atom. The van der Waals surface area contributed by atoms with Gasteiger partial charge in [-0.05, 0) is 6.92 Å². The molecule has 0 atom stereocenters. The molecule has 3 rings (SSSR count). The summed E-state index contributed by atoms with van der Waals surface area (Å²) >= 11 is 1.37. The molecule has 2 heterocycles. The van der Waals surface area contributed by atoms with Crippen LogP contribution in [0.4, 0.5) is 5.13 Å². The fourth-order valence-electron chi connectivity index (χ4n) is 1.68. The van der Waals surface area contributed by atoms with Crippen molar-refractivity contribution in [3.8, 4) is 11.3 Å². The highest BCUT2D eigenvalue weighted by Gasteiger charge is 2.12. The Morgan fingerprint density at radius 1 is 1.24 bits per heavy atom. The van der Waals surface area contributed by atoms with Crippen molar-refractivity contribution in [2.24, 2.45) is 0 Å². The van der Waals surface area contributed by atoms with Crippen LogP contribution in [0.1, 0.15) is 23.5 Å². The Kier molecular flexibility index (Phi) is 4.49. The lowest BCUT2D eigenvalue weighted by molar-refractivity contribution is 0.101. The highest BCUT2D eigenvalue weighted by molar-refractivity contribution is 7.14. The van der Waals surface area contributed by atoms with E-state index in [0.29, 0.717) is 5.13 Å². The number of anilines is 1. The summed E-state index contributed by atoms with van der Waals surface area (Å²) in [6, 6.07) is 9.58. The molecule has 0 aliphatic heterocycles. The third-order valence-corrected chi connectivity index (χ3v) is 3.50. The van der Waals surface area contributed by atoms with Crippen LogP contribution < -0.4 is 5.32 Å². The third-order valence-electron chi connectivity index (χ3n) is 2.74. The lowest BCUT2D eigenvalue weighted by Crippen LogP contribution is -2.11. The number of rotatable bonds is 3. The van der Waals surface area contributed by atoms with Crippen LogP contribution in [0.2, 0.25) is 0 Å². The minimum Gasteiger partial charge on any atom is -0.364 e. The maximum atomic E-state index is 11.8. The highest BCUT2D eigenvalue weighted by Crippen LogP contribution is 2.25. The summed E-state index contributed by atoms with van der Waals surface area (Å²) in [6.07, 6.45) is 1.36. The number of benzene rings is 1. The predicted molar refractivity (Wildman–Crippen MR) is 83.5 cm³/mol. The van der Waals surface area contributed by atoms with Gasteiger partial charge in [0.1, 0.15) is 6.26 Å². The van der Waals surface area contributed by atoms with E-state index in [1.807, 2.05) is 36.6 Å². The lowest BCUT2D eigenvalue weighted by atomic mass is 10.1. The molecule has 0 bridgehead atoms. The van der Waals surface area contributed by atoms with E-state index in [1.54, 1.807) is 0 Å². The normalized spacial score (nSPS) is 9.95. The summed E-state index contributed by atoms with van der Waals surface area (Å²) in [4.78, 5) is 16.2. The van der Waals surface area contributed by atoms with Crippen molar-refractivity contribution in [2.75, 3.05) is 5.32 Å². The second-order valence-corrected chi connectivity index (χ2v) is 5.10. The second-order valence-electron chi connectivity index (χ2n) is 4.24. The predicted octanol–water partition coefficient (Wildman–Crippen LogP) is 3.99. The van der Waals surface area contributed by atoms with Crippen molar-refractivity contribution in [3.63, 3.8) is 0 Å². The van der Waals surface area contributed by atoms with E-state index in [-0.39, 0.29) is 19.0 Å². The van der Waals surface area contributed by atoms with Crippen molar-refractivity contribution in [1.82, 2.24) is 10.1 Å². The fraction of sp³-hybridized carbons (Fsp3) is 0.133. The Hall–Kier alpha value is -2.47. The van der Waals surface area contributed by atoms with E-state index in [0.717, 1.165) is 11.3 Å². The Morgan fingerprint density at radius 2 is 2.00 bits per heavy atom. The van der Waals surface area contributed by atoms with Gasteiger partial charge in [0.2, 0.25) is 0 Å². The average molecular weight is 301 g/mol. The van der Waals surface area contributed by atoms with E-state index >= 15 is 0 Å². The number of amides is 1. The topological polar surface area (TPSA) is 68.0 Å². The minimum atomic E-state index is -0.330. The quantitative estimate of drug-likeness (QED) is 0.794. The molecule has 2 aromatic heterocycles. The van der Waals surface area contributed by atoms with Crippen molar-refractivity contribution < 1.29 is 9.32 Å². The molecule has 3 aromatic rings. The summed E-state index contributed by atoms with van der Waals surface area (Å²) in [6.45, 7) is 2.04. The molecule has 0 spiro atoms. The van der Waals surface area contributed by atoms with Gasteiger partial charge in [-0.1, -0.05) is 42.4 Å². The minimum absolute atomic E-state index is 0. The Bertz CT molecular complexity index is 718. The summed E-state index contributed by atoms with van der Waals surface area (Å²) in [5.74, 6) is -0.330. The van der Waals surface area contributed by atoms with E-state index in [1.165, 1.54) is 29.2 Å². The maximum Gasteiger partial charge on any atom is 0.279 e. The number of thiazole rings is 1. The molecule has 5 nitrogen and oxygen atoms in total. The smallest absolute Gasteiger partial charge is 0.279 e. The number of hydrogen-bond acceptors (Lipinski definition) is 5. The molecule has 1 amide bonds. The largest absolute Gasteiger partial charge is 0.364 e. The van der Waals surface area contributed by atoms with Gasteiger partial charge in [-0.3, -0.25) is 10.1 Å². The molecule has 6 heteroatoms. The van der Waals surface area contributed by atoms with Crippen LogP contribution in [0.5, 0.6) is 0 Å². The van der Waals surface area contributed by atoms with Gasteiger partial charge in [-0.25, -0.2) is 4.98 Å². The first-order valence-corrected chi connectivity index (χ1v) is 6.84. The lowest BCUT2D eigenvalue weighted by Gasteiger charge is -1.98. The van der Waals surface area contributed by atoms with Crippen molar-refractivity contribution in [2.45, 2.75) is 14.4 Å². The first-order chi connectivity index (χ1) is 9.72. The molecule has 0 unspecified atom stereocenters. The van der Waals surface area contributed by atoms with Gasteiger partial charge in [-0.2, -0.15) is 0 Å². The number of carbonyl (C=O) groups excluding carboxylic acids is 1. The van der Waals surface area contributed by atoms with Crippen LogP contribution in [0, 0.1) is 6.92 Å². The zero-order valence-electron chi connectivity index (χ0n) is 10.7. The van der Waals surface area contributed by atoms with E-state index in [2.05, 4.69) is 20.0 Å². The van der Waals surface area contributed by atoms with E-state index < -0.39 is 0 Å². The van der Waals surface area contributed by atoms with Gasteiger partial charge in [0.05, 0.1) is 5.69 Å². The van der Waals surface area contributed by atoms with Crippen LogP contribution in [0.15, 0.2) is 46.5 Å². The van der Waals surface area contributed by atoms with E-state index in [4.69, 9.17) is 0 Å². The summed E-state index contributed by atoms with van der Waals surface area (Å²) in [7, 11) is 0. The molecule has 1 N–H and O–H groups in total. The Balaban J connectivity index is 0.00000161. The van der Waals surface area contributed by atoms with Crippen LogP contribution in [0.25, 0.3) is 11.3 Å². The maximum absolute atomic E-state index is 11.8. The summed E-state index contributed by atoms with van der Waals surface area (Å²) in [5.41, 5.74) is 3.29. The van der Waals surface area contributed by atoms with E-state index in [9.17, 15) is 4.79 Å². The van der Waals surface area contributed by atoms with Gasteiger partial charge in [0.25, 0.3) is 5.91 Å². The second kappa shape index (κ2) is 6.32. The van der Waals surface area contributed by atoms with Crippen LogP contribution >= 0.6 is 11.3 Å². The first kappa shape index (κ1) is 14.9. The molecule has 0 aliphatic rings. The molecular weight excluding hydrogens is 286 g/mol. The monoisotopic (exact) mass is 301 g/mol. The first-order valence-electron chi connectivity index (χ1n) is 5.97. The van der Waals surface area contributed by atoms with Crippen LogP contribution in [-0.4, -0.2) is 16.0 Å². The van der Waals surface area contributed by atoms with Crippen LogP contribution in [0.3, 0.4) is 0 Å². The van der Waals surface area contributed by atoms with Gasteiger partial charge in [-0.15, -0.1) is 11.3 Å². The number of hydrogen-bond donors (Lipinski definition) is 1. The molecule has 0 saturated carbocycles. The fourth-order valence-corrected chi connectivity index (χ4v) is 2.39. The van der Waals surface area contributed by atoms with Gasteiger partial charge < -0.3 is 4.52 Å². The Labute approximate surface area is 126 Å². The molecular formula is C15H15N3O2S. The molecule has 0 saturated heterocycles. The van der Waals surface area contributed by atoms with Crippen molar-refractivity contribution in [3.05, 3.63) is 53.2 Å². The van der Waals surface area contributed by atoms with Crippen molar-refractivity contribution in [1.29, 1.82) is 0 Å². The number of carbonyl (C=O) groups is 1. The zero-order valence-corrected chi connectivity index (χ0v) is 11.5. The number of nitrogens with zero attached hydrogens (tertiary/aromatic N) is 2. The van der Waals surface area contributed by atoms with Crippen molar-refractivity contribution >= 4 is 22.4 Å². The van der Waals surface area contributed by atoms with Gasteiger partial charge >= 0.3 is 0 Å². The SMILES string of the molecule is C.Cc1ccc(-c2csc(NC(=O)c3ccon3)n2)cc1.